The first-order valence-corrected chi connectivity index (χ1v) is 5.52. The molecule has 0 bridgehead atoms. The fraction of sp³-hybridized carbons (Fsp3) is 0.300. The van der Waals surface area contributed by atoms with Crippen molar-refractivity contribution in [1.82, 2.24) is 0 Å². The Hall–Kier alpha value is -0.550. The molecule has 0 aliphatic heterocycles. The molecule has 6 heteroatoms. The molecule has 1 unspecified atom stereocenters. The van der Waals surface area contributed by atoms with Gasteiger partial charge in [0, 0.05) is 4.47 Å². The van der Waals surface area contributed by atoms with Crippen molar-refractivity contribution in [3.05, 3.63) is 33.8 Å². The summed E-state index contributed by atoms with van der Waals surface area (Å²) in [6.07, 6.45) is -3.84. The van der Waals surface area contributed by atoms with Crippen molar-refractivity contribution < 1.29 is 18.0 Å². The largest absolute Gasteiger partial charge is 0.417 e. The molecule has 0 radical (unpaired) electrons. The van der Waals surface area contributed by atoms with Crippen molar-refractivity contribution in [2.45, 2.75) is 18.0 Å². The second-order valence-corrected chi connectivity index (χ2v) is 4.58. The molecule has 0 heterocycles. The SMILES string of the molecule is O=CC(Cl)Cc1ccc(Br)c(C(F)(F)F)c1. The van der Waals surface area contributed by atoms with Crippen molar-refractivity contribution >= 4 is 33.8 Å². The van der Waals surface area contributed by atoms with E-state index in [0.717, 1.165) is 6.07 Å². The normalized spacial score (nSPS) is 13.6. The molecule has 1 aromatic rings. The van der Waals surface area contributed by atoms with Crippen LogP contribution in [0.25, 0.3) is 0 Å². The van der Waals surface area contributed by atoms with Gasteiger partial charge in [-0.1, -0.05) is 22.0 Å². The van der Waals surface area contributed by atoms with Crippen LogP contribution in [0.5, 0.6) is 0 Å². The molecule has 0 aliphatic rings. The topological polar surface area (TPSA) is 17.1 Å². The minimum absolute atomic E-state index is 0.0269. The highest BCUT2D eigenvalue weighted by Crippen LogP contribution is 2.35. The van der Waals surface area contributed by atoms with Gasteiger partial charge in [-0.3, -0.25) is 0 Å². The number of carbonyl (C=O) groups excluding carboxylic acids is 1. The third-order valence-corrected chi connectivity index (χ3v) is 2.86. The summed E-state index contributed by atoms with van der Waals surface area (Å²) in [5, 5.41) is -0.803. The third-order valence-electron chi connectivity index (χ3n) is 1.91. The van der Waals surface area contributed by atoms with Crippen LogP contribution >= 0.6 is 27.5 Å². The average molecular weight is 316 g/mol. The Morgan fingerprint density at radius 3 is 2.56 bits per heavy atom. The summed E-state index contributed by atoms with van der Waals surface area (Å²) >= 11 is 8.37. The number of aldehydes is 1. The van der Waals surface area contributed by atoms with E-state index in [2.05, 4.69) is 15.9 Å². The maximum atomic E-state index is 12.5. The van der Waals surface area contributed by atoms with E-state index in [1.807, 2.05) is 0 Å². The van der Waals surface area contributed by atoms with Crippen molar-refractivity contribution in [2.75, 3.05) is 0 Å². The first kappa shape index (κ1) is 13.5. The quantitative estimate of drug-likeness (QED) is 0.612. The second-order valence-electron chi connectivity index (χ2n) is 3.17. The molecule has 0 saturated carbocycles. The Morgan fingerprint density at radius 2 is 2.06 bits per heavy atom. The Morgan fingerprint density at radius 1 is 1.44 bits per heavy atom. The van der Waals surface area contributed by atoms with Crippen LogP contribution in [0.3, 0.4) is 0 Å². The van der Waals surface area contributed by atoms with Crippen LogP contribution in [0.2, 0.25) is 0 Å². The molecular formula is C10H7BrClF3O. The average Bonchev–Trinajstić information content (AvgIpc) is 2.19. The third kappa shape index (κ3) is 3.49. The maximum absolute atomic E-state index is 12.5. The van der Waals surface area contributed by atoms with Crippen molar-refractivity contribution in [3.63, 3.8) is 0 Å². The van der Waals surface area contributed by atoms with Crippen LogP contribution in [0, 0.1) is 0 Å². The van der Waals surface area contributed by atoms with E-state index >= 15 is 0 Å². The predicted molar refractivity (Wildman–Crippen MR) is 58.6 cm³/mol. The van der Waals surface area contributed by atoms with Crippen LogP contribution in [0.4, 0.5) is 13.2 Å². The second kappa shape index (κ2) is 5.19. The zero-order chi connectivity index (χ0) is 12.3. The fourth-order valence-electron chi connectivity index (χ4n) is 1.19. The number of benzene rings is 1. The highest BCUT2D eigenvalue weighted by Gasteiger charge is 2.33. The number of rotatable bonds is 3. The Bertz CT molecular complexity index is 392. The first-order chi connectivity index (χ1) is 7.34. The fourth-order valence-corrected chi connectivity index (χ4v) is 1.84. The van der Waals surface area contributed by atoms with Gasteiger partial charge in [-0.15, -0.1) is 11.6 Å². The molecule has 1 aromatic carbocycles. The van der Waals surface area contributed by atoms with Gasteiger partial charge in [-0.2, -0.15) is 13.2 Å². The monoisotopic (exact) mass is 314 g/mol. The Kier molecular flexibility index (Phi) is 4.38. The molecular weight excluding hydrogens is 308 g/mol. The van der Waals surface area contributed by atoms with Gasteiger partial charge >= 0.3 is 6.18 Å². The van der Waals surface area contributed by atoms with Gasteiger partial charge in [0.15, 0.2) is 0 Å². The summed E-state index contributed by atoms with van der Waals surface area (Å²) < 4.78 is 37.5. The van der Waals surface area contributed by atoms with Crippen LogP contribution in [-0.2, 0) is 17.4 Å². The van der Waals surface area contributed by atoms with Crippen molar-refractivity contribution in [1.29, 1.82) is 0 Å². The minimum atomic E-state index is -4.42. The molecule has 16 heavy (non-hydrogen) atoms. The molecule has 1 rings (SSSR count). The van der Waals surface area contributed by atoms with E-state index in [-0.39, 0.29) is 10.9 Å². The van der Waals surface area contributed by atoms with Gasteiger partial charge in [0.1, 0.15) is 6.29 Å². The lowest BCUT2D eigenvalue weighted by Gasteiger charge is -2.11. The summed E-state index contributed by atoms with van der Waals surface area (Å²) in [4.78, 5) is 10.3. The van der Waals surface area contributed by atoms with Crippen molar-refractivity contribution in [2.24, 2.45) is 0 Å². The number of hydrogen-bond acceptors (Lipinski definition) is 1. The van der Waals surface area contributed by atoms with E-state index < -0.39 is 17.1 Å². The molecule has 0 aromatic heterocycles. The van der Waals surface area contributed by atoms with Crippen LogP contribution < -0.4 is 0 Å². The summed E-state index contributed by atoms with van der Waals surface area (Å²) in [7, 11) is 0. The van der Waals surface area contributed by atoms with Crippen LogP contribution in [0.15, 0.2) is 22.7 Å². The maximum Gasteiger partial charge on any atom is 0.417 e. The number of halogens is 5. The molecule has 0 N–H and O–H groups in total. The standard InChI is InChI=1S/C10H7BrClF3O/c11-9-2-1-6(3-7(12)5-16)4-8(9)10(13,14)15/h1-2,4-5,7H,3H2. The van der Waals surface area contributed by atoms with Gasteiger partial charge in [0.05, 0.1) is 10.9 Å². The predicted octanol–water partition coefficient (Wildman–Crippen LogP) is 3.82. The van der Waals surface area contributed by atoms with E-state index in [1.165, 1.54) is 12.1 Å². The molecule has 0 aliphatic carbocycles. The van der Waals surface area contributed by atoms with Crippen molar-refractivity contribution in [3.8, 4) is 0 Å². The molecule has 0 fully saturated rings. The van der Waals surface area contributed by atoms with Gasteiger partial charge in [0.2, 0.25) is 0 Å². The molecule has 1 nitrogen and oxygen atoms in total. The molecule has 1 atom stereocenters. The summed E-state index contributed by atoms with van der Waals surface area (Å²) in [5.74, 6) is 0. The first-order valence-electron chi connectivity index (χ1n) is 4.29. The van der Waals surface area contributed by atoms with E-state index in [1.54, 1.807) is 0 Å². The van der Waals surface area contributed by atoms with E-state index in [0.29, 0.717) is 11.8 Å². The Labute approximate surface area is 104 Å². The van der Waals surface area contributed by atoms with E-state index in [4.69, 9.17) is 11.6 Å². The van der Waals surface area contributed by atoms with E-state index in [9.17, 15) is 18.0 Å². The smallest absolute Gasteiger partial charge is 0.302 e. The lowest BCUT2D eigenvalue weighted by molar-refractivity contribution is -0.138. The lowest BCUT2D eigenvalue weighted by atomic mass is 10.1. The van der Waals surface area contributed by atoms with Crippen LogP contribution in [-0.4, -0.2) is 11.7 Å². The lowest BCUT2D eigenvalue weighted by Crippen LogP contribution is -2.09. The molecule has 0 spiro atoms. The molecule has 0 saturated heterocycles. The Balaban J connectivity index is 3.03. The van der Waals surface area contributed by atoms with Gasteiger partial charge in [0.25, 0.3) is 0 Å². The highest BCUT2D eigenvalue weighted by atomic mass is 79.9. The summed E-state index contributed by atoms with van der Waals surface area (Å²) in [5.41, 5.74) is -0.387. The number of alkyl halides is 4. The number of carbonyl (C=O) groups is 1. The summed E-state index contributed by atoms with van der Waals surface area (Å²) in [6, 6.07) is 3.79. The van der Waals surface area contributed by atoms with Gasteiger partial charge in [-0.05, 0) is 24.1 Å². The van der Waals surface area contributed by atoms with Gasteiger partial charge in [-0.25, -0.2) is 0 Å². The summed E-state index contributed by atoms with van der Waals surface area (Å²) in [6.45, 7) is 0. The number of hydrogen-bond donors (Lipinski definition) is 0. The van der Waals surface area contributed by atoms with Gasteiger partial charge < -0.3 is 4.79 Å². The van der Waals surface area contributed by atoms with Crippen LogP contribution in [0.1, 0.15) is 11.1 Å². The molecule has 0 amide bonds. The minimum Gasteiger partial charge on any atom is -0.302 e. The highest BCUT2D eigenvalue weighted by molar-refractivity contribution is 9.10. The zero-order valence-electron chi connectivity index (χ0n) is 7.89. The molecule has 88 valence electrons. The zero-order valence-corrected chi connectivity index (χ0v) is 10.2.